The van der Waals surface area contributed by atoms with E-state index in [0.717, 1.165) is 24.1 Å². The van der Waals surface area contributed by atoms with E-state index >= 15 is 0 Å². The number of rotatable bonds is 7. The number of carbonyl (C=O) groups is 1. The molecule has 1 rings (SSSR count). The molecule has 0 radical (unpaired) electrons. The van der Waals surface area contributed by atoms with Crippen LogP contribution in [-0.2, 0) is 11.3 Å². The molecule has 18 heavy (non-hydrogen) atoms. The van der Waals surface area contributed by atoms with Crippen LogP contribution in [0.5, 0.6) is 5.75 Å². The molecule has 0 saturated heterocycles. The summed E-state index contributed by atoms with van der Waals surface area (Å²) in [6.45, 7) is 5.82. The first-order chi connectivity index (χ1) is 8.65. The topological polar surface area (TPSA) is 61.4 Å². The number of nitrogens with one attached hydrogen (secondary N) is 2. The third-order valence-electron chi connectivity index (χ3n) is 2.74. The molecule has 0 heterocycles. The predicted molar refractivity (Wildman–Crippen MR) is 72.5 cm³/mol. The van der Waals surface area contributed by atoms with E-state index in [4.69, 9.17) is 0 Å². The van der Waals surface area contributed by atoms with Crippen LogP contribution in [0.25, 0.3) is 0 Å². The van der Waals surface area contributed by atoms with Crippen molar-refractivity contribution < 1.29 is 9.90 Å². The molecule has 1 aromatic carbocycles. The first kappa shape index (κ1) is 14.5. The second-order valence-corrected chi connectivity index (χ2v) is 4.36. The first-order valence-electron chi connectivity index (χ1n) is 6.40. The van der Waals surface area contributed by atoms with E-state index < -0.39 is 0 Å². The molecule has 1 amide bonds. The molecule has 0 spiro atoms. The van der Waals surface area contributed by atoms with Crippen LogP contribution in [0.3, 0.4) is 0 Å². The van der Waals surface area contributed by atoms with Crippen LogP contribution in [0, 0.1) is 6.92 Å². The minimum Gasteiger partial charge on any atom is -0.507 e. The Hall–Kier alpha value is -1.55. The number of amides is 1. The third kappa shape index (κ3) is 4.75. The fourth-order valence-corrected chi connectivity index (χ4v) is 1.64. The SMILES string of the molecule is CCCNC(=O)CCNCc1cccc(C)c1O. The van der Waals surface area contributed by atoms with E-state index in [1.54, 1.807) is 0 Å². The summed E-state index contributed by atoms with van der Waals surface area (Å²) in [7, 11) is 0. The highest BCUT2D eigenvalue weighted by atomic mass is 16.3. The van der Waals surface area contributed by atoms with Crippen molar-refractivity contribution in [2.75, 3.05) is 13.1 Å². The van der Waals surface area contributed by atoms with Crippen molar-refractivity contribution in [3.63, 3.8) is 0 Å². The van der Waals surface area contributed by atoms with Crippen molar-refractivity contribution in [1.82, 2.24) is 10.6 Å². The number of aromatic hydroxyl groups is 1. The van der Waals surface area contributed by atoms with Gasteiger partial charge in [0, 0.05) is 31.6 Å². The molecule has 0 aliphatic rings. The molecule has 0 aliphatic carbocycles. The largest absolute Gasteiger partial charge is 0.507 e. The van der Waals surface area contributed by atoms with Crippen LogP contribution in [0.1, 0.15) is 30.9 Å². The highest BCUT2D eigenvalue weighted by molar-refractivity contribution is 5.75. The number of phenols is 1. The Bertz CT molecular complexity index is 391. The van der Waals surface area contributed by atoms with Gasteiger partial charge in [0.15, 0.2) is 0 Å². The van der Waals surface area contributed by atoms with Gasteiger partial charge in [-0.15, -0.1) is 0 Å². The Balaban J connectivity index is 2.25. The van der Waals surface area contributed by atoms with Crippen LogP contribution in [-0.4, -0.2) is 24.1 Å². The highest BCUT2D eigenvalue weighted by Gasteiger charge is 2.03. The predicted octanol–water partition coefficient (Wildman–Crippen LogP) is 1.71. The smallest absolute Gasteiger partial charge is 0.221 e. The van der Waals surface area contributed by atoms with Gasteiger partial charge in [0.2, 0.25) is 5.91 Å². The van der Waals surface area contributed by atoms with Crippen molar-refractivity contribution in [1.29, 1.82) is 0 Å². The van der Waals surface area contributed by atoms with Crippen molar-refractivity contribution >= 4 is 5.91 Å². The quantitative estimate of drug-likeness (QED) is 0.646. The van der Waals surface area contributed by atoms with Gasteiger partial charge < -0.3 is 15.7 Å². The molecule has 4 nitrogen and oxygen atoms in total. The summed E-state index contributed by atoms with van der Waals surface area (Å²) in [5.74, 6) is 0.401. The molecule has 3 N–H and O–H groups in total. The molecule has 100 valence electrons. The Morgan fingerprint density at radius 1 is 1.33 bits per heavy atom. The molecule has 1 aromatic rings. The van der Waals surface area contributed by atoms with E-state index in [0.29, 0.717) is 25.3 Å². The lowest BCUT2D eigenvalue weighted by molar-refractivity contribution is -0.120. The average Bonchev–Trinajstić information content (AvgIpc) is 2.37. The third-order valence-corrected chi connectivity index (χ3v) is 2.74. The van der Waals surface area contributed by atoms with Gasteiger partial charge >= 0.3 is 0 Å². The summed E-state index contributed by atoms with van der Waals surface area (Å²) >= 11 is 0. The van der Waals surface area contributed by atoms with Crippen LogP contribution < -0.4 is 10.6 Å². The van der Waals surface area contributed by atoms with E-state index in [1.807, 2.05) is 32.0 Å². The molecule has 4 heteroatoms. The summed E-state index contributed by atoms with van der Waals surface area (Å²) in [5.41, 5.74) is 1.74. The summed E-state index contributed by atoms with van der Waals surface area (Å²) in [6.07, 6.45) is 1.42. The number of para-hydroxylation sites is 1. The summed E-state index contributed by atoms with van der Waals surface area (Å²) in [5, 5.41) is 15.8. The van der Waals surface area contributed by atoms with Crippen molar-refractivity contribution in [2.45, 2.75) is 33.2 Å². The van der Waals surface area contributed by atoms with Gasteiger partial charge in [-0.05, 0) is 18.9 Å². The minimum atomic E-state index is 0.0674. The van der Waals surface area contributed by atoms with Crippen molar-refractivity contribution in [3.05, 3.63) is 29.3 Å². The van der Waals surface area contributed by atoms with Gasteiger partial charge in [0.05, 0.1) is 0 Å². The summed E-state index contributed by atoms with van der Waals surface area (Å²) in [6, 6.07) is 5.67. The minimum absolute atomic E-state index is 0.0674. The zero-order valence-electron chi connectivity index (χ0n) is 11.1. The van der Waals surface area contributed by atoms with Crippen molar-refractivity contribution in [3.8, 4) is 5.75 Å². The van der Waals surface area contributed by atoms with Crippen LogP contribution >= 0.6 is 0 Å². The first-order valence-corrected chi connectivity index (χ1v) is 6.40. The average molecular weight is 250 g/mol. The molecule has 0 atom stereocenters. The van der Waals surface area contributed by atoms with Gasteiger partial charge in [0.25, 0.3) is 0 Å². The highest BCUT2D eigenvalue weighted by Crippen LogP contribution is 2.20. The van der Waals surface area contributed by atoms with Crippen LogP contribution in [0.4, 0.5) is 0 Å². The maximum atomic E-state index is 11.3. The normalized spacial score (nSPS) is 10.3. The number of benzene rings is 1. The number of carbonyl (C=O) groups excluding carboxylic acids is 1. The molecule has 0 aliphatic heterocycles. The molecule has 0 fully saturated rings. The Labute approximate surface area is 108 Å². The second-order valence-electron chi connectivity index (χ2n) is 4.36. The number of hydrogen-bond donors (Lipinski definition) is 3. The Kier molecular flexibility index (Phi) is 6.22. The fourth-order valence-electron chi connectivity index (χ4n) is 1.64. The van der Waals surface area contributed by atoms with Gasteiger partial charge in [-0.25, -0.2) is 0 Å². The molecule has 0 bridgehead atoms. The van der Waals surface area contributed by atoms with Crippen LogP contribution in [0.15, 0.2) is 18.2 Å². The van der Waals surface area contributed by atoms with Gasteiger partial charge in [0.1, 0.15) is 5.75 Å². The Morgan fingerprint density at radius 2 is 2.11 bits per heavy atom. The van der Waals surface area contributed by atoms with Gasteiger partial charge in [-0.3, -0.25) is 4.79 Å². The van der Waals surface area contributed by atoms with E-state index in [1.165, 1.54) is 0 Å². The van der Waals surface area contributed by atoms with Gasteiger partial charge in [-0.2, -0.15) is 0 Å². The molecular weight excluding hydrogens is 228 g/mol. The van der Waals surface area contributed by atoms with Crippen LogP contribution in [0.2, 0.25) is 0 Å². The number of hydrogen-bond acceptors (Lipinski definition) is 3. The van der Waals surface area contributed by atoms with E-state index in [9.17, 15) is 9.90 Å². The number of aryl methyl sites for hydroxylation is 1. The monoisotopic (exact) mass is 250 g/mol. The lowest BCUT2D eigenvalue weighted by Gasteiger charge is -2.08. The molecule has 0 aromatic heterocycles. The summed E-state index contributed by atoms with van der Waals surface area (Å²) in [4.78, 5) is 11.3. The van der Waals surface area contributed by atoms with E-state index in [2.05, 4.69) is 10.6 Å². The van der Waals surface area contributed by atoms with Gasteiger partial charge in [-0.1, -0.05) is 25.1 Å². The zero-order valence-corrected chi connectivity index (χ0v) is 11.1. The molecule has 0 saturated carbocycles. The maximum absolute atomic E-state index is 11.3. The standard InChI is InChI=1S/C14H22N2O2/c1-3-8-16-13(17)7-9-15-10-12-6-4-5-11(2)14(12)18/h4-6,15,18H,3,7-10H2,1-2H3,(H,16,17). The molecule has 0 unspecified atom stereocenters. The zero-order chi connectivity index (χ0) is 13.4. The lowest BCUT2D eigenvalue weighted by atomic mass is 10.1. The molecular formula is C14H22N2O2. The van der Waals surface area contributed by atoms with E-state index in [-0.39, 0.29) is 5.91 Å². The number of phenolic OH excluding ortho intramolecular Hbond substituents is 1. The van der Waals surface area contributed by atoms with Crippen molar-refractivity contribution in [2.24, 2.45) is 0 Å². The maximum Gasteiger partial charge on any atom is 0.221 e. The second kappa shape index (κ2) is 7.71. The fraction of sp³-hybridized carbons (Fsp3) is 0.500. The Morgan fingerprint density at radius 3 is 2.83 bits per heavy atom. The lowest BCUT2D eigenvalue weighted by Crippen LogP contribution is -2.28. The summed E-state index contributed by atoms with van der Waals surface area (Å²) < 4.78 is 0.